The Hall–Kier alpha value is -1.16. The summed E-state index contributed by atoms with van der Waals surface area (Å²) in [6.07, 6.45) is 0. The number of carbonyl (C=O) groups is 1. The first-order chi connectivity index (χ1) is 6.82. The molecule has 6 heteroatoms. The van der Waals surface area contributed by atoms with Gasteiger partial charge in [-0.15, -0.1) is 0 Å². The summed E-state index contributed by atoms with van der Waals surface area (Å²) in [5.74, 6) is 0.170. The van der Waals surface area contributed by atoms with Gasteiger partial charge in [0.25, 0.3) is 0 Å². The maximum absolute atomic E-state index is 10.9. The van der Waals surface area contributed by atoms with E-state index in [0.717, 1.165) is 5.56 Å². The van der Waals surface area contributed by atoms with Crippen molar-refractivity contribution in [1.29, 1.82) is 0 Å². The molecule has 0 aliphatic heterocycles. The summed E-state index contributed by atoms with van der Waals surface area (Å²) in [7, 11) is -4.82. The predicted molar refractivity (Wildman–Crippen MR) is 54.0 cm³/mol. The number of hydrogen-bond acceptors (Lipinski definition) is 3. The van der Waals surface area contributed by atoms with E-state index in [1.807, 2.05) is 13.0 Å². The van der Waals surface area contributed by atoms with Gasteiger partial charge in [-0.3, -0.25) is 0 Å². The number of carbonyl (C=O) groups excluding carboxylic acids is 1. The highest BCUT2D eigenvalue weighted by Gasteiger charge is 2.29. The zero-order chi connectivity index (χ0) is 11.6. The molecule has 0 aliphatic carbocycles. The summed E-state index contributed by atoms with van der Waals surface area (Å²) >= 11 is 0. The molecule has 0 bridgehead atoms. The Kier molecular flexibility index (Phi) is 3.29. The van der Waals surface area contributed by atoms with Gasteiger partial charge in [0.05, 0.1) is 0 Å². The molecule has 2 N–H and O–H groups in total. The molecule has 0 fully saturated rings. The van der Waals surface area contributed by atoms with Gasteiger partial charge in [-0.2, -0.15) is 0 Å². The van der Waals surface area contributed by atoms with E-state index in [2.05, 4.69) is 4.74 Å². The Labute approximate surface area is 86.9 Å². The Morgan fingerprint density at radius 3 is 2.47 bits per heavy atom. The van der Waals surface area contributed by atoms with E-state index in [1.165, 1.54) is 6.07 Å². The second kappa shape index (κ2) is 4.14. The summed E-state index contributed by atoms with van der Waals surface area (Å²) in [6, 6.07) is 4.94. The quantitative estimate of drug-likeness (QED) is 0.759. The van der Waals surface area contributed by atoms with Crippen LogP contribution < -0.4 is 4.74 Å². The zero-order valence-electron chi connectivity index (χ0n) is 8.30. The van der Waals surface area contributed by atoms with Crippen LogP contribution in [-0.2, 0) is 4.57 Å². The fraction of sp³-hybridized carbons (Fsp3) is 0.222. The summed E-state index contributed by atoms with van der Waals surface area (Å²) in [6.45, 7) is 3.52. The second-order valence-electron chi connectivity index (χ2n) is 3.11. The van der Waals surface area contributed by atoms with Crippen molar-refractivity contribution >= 4 is 13.3 Å². The van der Waals surface area contributed by atoms with Crippen LogP contribution in [0.4, 0.5) is 4.79 Å². The van der Waals surface area contributed by atoms with Crippen LogP contribution in [0, 0.1) is 13.8 Å². The highest BCUT2D eigenvalue weighted by Crippen LogP contribution is 2.38. The Balaban J connectivity index is 2.96. The Morgan fingerprint density at radius 1 is 1.33 bits per heavy atom. The van der Waals surface area contributed by atoms with Crippen LogP contribution in [0.25, 0.3) is 0 Å². The minimum absolute atomic E-state index is 0.170. The lowest BCUT2D eigenvalue weighted by molar-refractivity contribution is 0.213. The Morgan fingerprint density at radius 2 is 1.93 bits per heavy atom. The molecule has 0 spiro atoms. The van der Waals surface area contributed by atoms with Gasteiger partial charge in [-0.05, 0) is 31.0 Å². The van der Waals surface area contributed by atoms with Gasteiger partial charge >= 0.3 is 13.3 Å². The molecule has 0 saturated carbocycles. The molecule has 0 aromatic heterocycles. The number of aryl methyl sites for hydroxylation is 1. The van der Waals surface area contributed by atoms with E-state index in [0.29, 0.717) is 5.56 Å². The third-order valence-corrected chi connectivity index (χ3v) is 2.56. The largest absolute Gasteiger partial charge is 0.433 e. The van der Waals surface area contributed by atoms with Crippen molar-refractivity contribution in [3.63, 3.8) is 0 Å². The van der Waals surface area contributed by atoms with Gasteiger partial charge in [-0.25, -0.2) is 9.36 Å². The lowest BCUT2D eigenvalue weighted by atomic mass is 10.1. The molecular formula is C9H11O5P. The standard InChI is InChI=1S/C9H11O5P/c1-6-4-3-5-8(7(6)2)14-9(10)15(11,12)13/h3-5H,1-2H3,(H2,11,12,13). The van der Waals surface area contributed by atoms with Gasteiger partial charge in [-0.1, -0.05) is 12.1 Å². The fourth-order valence-corrected chi connectivity index (χ4v) is 1.21. The highest BCUT2D eigenvalue weighted by molar-refractivity contribution is 7.69. The number of ether oxygens (including phenoxy) is 1. The maximum Gasteiger partial charge on any atom is 0.433 e. The summed E-state index contributed by atoms with van der Waals surface area (Å²) in [5, 5.41) is 0. The summed E-state index contributed by atoms with van der Waals surface area (Å²) in [5.41, 5.74) is 0.0292. The van der Waals surface area contributed by atoms with Crippen LogP contribution in [0.2, 0.25) is 0 Å². The van der Waals surface area contributed by atoms with Crippen molar-refractivity contribution in [3.8, 4) is 5.75 Å². The van der Waals surface area contributed by atoms with E-state index in [9.17, 15) is 9.36 Å². The molecule has 15 heavy (non-hydrogen) atoms. The maximum atomic E-state index is 10.9. The number of benzene rings is 1. The van der Waals surface area contributed by atoms with Crippen molar-refractivity contribution in [3.05, 3.63) is 29.3 Å². The molecule has 0 atom stereocenters. The smallest absolute Gasteiger partial charge is 0.417 e. The molecule has 1 rings (SSSR count). The van der Waals surface area contributed by atoms with Crippen LogP contribution in [0.1, 0.15) is 11.1 Å². The first-order valence-corrected chi connectivity index (χ1v) is 5.77. The SMILES string of the molecule is Cc1cccc(OC(=O)P(=O)(O)O)c1C. The number of rotatable bonds is 2. The van der Waals surface area contributed by atoms with Gasteiger partial charge in [0.2, 0.25) is 0 Å². The van der Waals surface area contributed by atoms with Gasteiger partial charge in [0.15, 0.2) is 0 Å². The molecular weight excluding hydrogens is 219 g/mol. The third kappa shape index (κ3) is 2.89. The predicted octanol–water partition coefficient (Wildman–Crippen LogP) is 1.98. The molecule has 0 aliphatic rings. The molecule has 1 aromatic carbocycles. The van der Waals surface area contributed by atoms with Crippen LogP contribution >= 0.6 is 7.60 Å². The van der Waals surface area contributed by atoms with E-state index < -0.39 is 13.3 Å². The minimum atomic E-state index is -4.82. The summed E-state index contributed by atoms with van der Waals surface area (Å²) < 4.78 is 15.1. The molecule has 0 radical (unpaired) electrons. The molecule has 82 valence electrons. The van der Waals surface area contributed by atoms with E-state index >= 15 is 0 Å². The van der Waals surface area contributed by atoms with Crippen LogP contribution in [0.15, 0.2) is 18.2 Å². The first kappa shape index (κ1) is 11.9. The Bertz CT molecular complexity index is 434. The average Bonchev–Trinajstić information content (AvgIpc) is 2.11. The molecule has 0 amide bonds. The van der Waals surface area contributed by atoms with Crippen molar-refractivity contribution in [2.45, 2.75) is 13.8 Å². The average molecular weight is 230 g/mol. The number of hydrogen-bond donors (Lipinski definition) is 2. The molecule has 1 aromatic rings. The van der Waals surface area contributed by atoms with Crippen LogP contribution in [0.3, 0.4) is 0 Å². The monoisotopic (exact) mass is 230 g/mol. The highest BCUT2D eigenvalue weighted by atomic mass is 31.2. The second-order valence-corrected chi connectivity index (χ2v) is 4.56. The lowest BCUT2D eigenvalue weighted by Crippen LogP contribution is -2.07. The molecule has 0 unspecified atom stereocenters. The van der Waals surface area contributed by atoms with E-state index in [1.54, 1.807) is 13.0 Å². The van der Waals surface area contributed by atoms with Gasteiger partial charge in [0.1, 0.15) is 5.75 Å². The normalized spacial score (nSPS) is 11.2. The third-order valence-electron chi connectivity index (χ3n) is 1.99. The van der Waals surface area contributed by atoms with Gasteiger partial charge < -0.3 is 14.5 Å². The molecule has 0 heterocycles. The fourth-order valence-electron chi connectivity index (χ4n) is 0.988. The van der Waals surface area contributed by atoms with Crippen molar-refractivity contribution in [1.82, 2.24) is 0 Å². The van der Waals surface area contributed by atoms with Crippen molar-refractivity contribution in [2.75, 3.05) is 0 Å². The first-order valence-electron chi connectivity index (χ1n) is 4.16. The van der Waals surface area contributed by atoms with Gasteiger partial charge in [0, 0.05) is 0 Å². The van der Waals surface area contributed by atoms with Crippen LogP contribution in [0.5, 0.6) is 5.75 Å². The molecule has 0 saturated heterocycles. The summed E-state index contributed by atoms with van der Waals surface area (Å²) in [4.78, 5) is 28.0. The topological polar surface area (TPSA) is 83.8 Å². The zero-order valence-corrected chi connectivity index (χ0v) is 9.19. The van der Waals surface area contributed by atoms with Crippen LogP contribution in [-0.4, -0.2) is 15.5 Å². The minimum Gasteiger partial charge on any atom is -0.417 e. The van der Waals surface area contributed by atoms with E-state index in [4.69, 9.17) is 9.79 Å². The van der Waals surface area contributed by atoms with Crippen molar-refractivity contribution in [2.24, 2.45) is 0 Å². The van der Waals surface area contributed by atoms with E-state index in [-0.39, 0.29) is 5.75 Å². The molecule has 5 nitrogen and oxygen atoms in total. The van der Waals surface area contributed by atoms with Crippen molar-refractivity contribution < 1.29 is 23.9 Å². The lowest BCUT2D eigenvalue weighted by Gasteiger charge is -2.09.